The summed E-state index contributed by atoms with van der Waals surface area (Å²) in [6.07, 6.45) is 4.54. The zero-order chi connectivity index (χ0) is 18.0. The largest absolute Gasteiger partial charge is 0.338 e. The number of aryl methyl sites for hydroxylation is 1. The van der Waals surface area contributed by atoms with Crippen molar-refractivity contribution in [3.63, 3.8) is 0 Å². The van der Waals surface area contributed by atoms with Crippen LogP contribution in [0.3, 0.4) is 0 Å². The summed E-state index contributed by atoms with van der Waals surface area (Å²) in [5.41, 5.74) is 5.84. The van der Waals surface area contributed by atoms with Gasteiger partial charge in [-0.15, -0.1) is 11.3 Å². The van der Waals surface area contributed by atoms with Crippen LogP contribution in [0, 0.1) is 12.8 Å². The molecular formula is C17H27N3O3S2. The number of rotatable bonds is 4. The van der Waals surface area contributed by atoms with Gasteiger partial charge in [0.1, 0.15) is 4.21 Å². The predicted octanol–water partition coefficient (Wildman–Crippen LogP) is 1.80. The fourth-order valence-corrected chi connectivity index (χ4v) is 6.77. The molecule has 0 saturated carbocycles. The maximum Gasteiger partial charge on any atom is 0.252 e. The number of piperidine rings is 2. The molecule has 0 bridgehead atoms. The summed E-state index contributed by atoms with van der Waals surface area (Å²) in [6, 6.07) is 3.59. The average Bonchev–Trinajstić information content (AvgIpc) is 3.08. The molecule has 0 aromatic carbocycles. The highest BCUT2D eigenvalue weighted by molar-refractivity contribution is 7.91. The van der Waals surface area contributed by atoms with Gasteiger partial charge in [-0.2, -0.15) is 4.31 Å². The first-order chi connectivity index (χ1) is 11.9. The van der Waals surface area contributed by atoms with E-state index >= 15 is 0 Å². The Kier molecular flexibility index (Phi) is 5.82. The van der Waals surface area contributed by atoms with Gasteiger partial charge in [0, 0.05) is 37.1 Å². The Bertz CT molecular complexity index is 716. The van der Waals surface area contributed by atoms with Crippen molar-refractivity contribution >= 4 is 27.3 Å². The Morgan fingerprint density at radius 2 is 2.04 bits per heavy atom. The third-order valence-electron chi connectivity index (χ3n) is 5.23. The molecule has 2 atom stereocenters. The van der Waals surface area contributed by atoms with E-state index in [1.807, 2.05) is 17.9 Å². The summed E-state index contributed by atoms with van der Waals surface area (Å²) in [7, 11) is -3.50. The van der Waals surface area contributed by atoms with E-state index in [1.165, 1.54) is 15.6 Å². The summed E-state index contributed by atoms with van der Waals surface area (Å²) in [5, 5.41) is 0. The fraction of sp³-hybridized carbons (Fsp3) is 0.706. The molecule has 2 saturated heterocycles. The number of carbonyl (C=O) groups excluding carboxylic acids is 1. The van der Waals surface area contributed by atoms with Crippen molar-refractivity contribution in [3.05, 3.63) is 17.0 Å². The number of amides is 1. The summed E-state index contributed by atoms with van der Waals surface area (Å²) in [5.74, 6) is -0.172. The first-order valence-electron chi connectivity index (χ1n) is 9.00. The average molecular weight is 386 g/mol. The highest BCUT2D eigenvalue weighted by atomic mass is 32.2. The van der Waals surface area contributed by atoms with Crippen LogP contribution in [-0.2, 0) is 14.8 Å². The van der Waals surface area contributed by atoms with Crippen molar-refractivity contribution in [2.45, 2.75) is 49.3 Å². The summed E-state index contributed by atoms with van der Waals surface area (Å²) >= 11 is 1.29. The number of hydrogen-bond donors (Lipinski definition) is 1. The number of nitrogens with two attached hydrogens (primary N) is 1. The first-order valence-corrected chi connectivity index (χ1v) is 11.3. The number of thiophene rings is 1. The van der Waals surface area contributed by atoms with Gasteiger partial charge in [0.15, 0.2) is 0 Å². The molecule has 1 aromatic heterocycles. The molecule has 2 aliphatic heterocycles. The van der Waals surface area contributed by atoms with Crippen molar-refractivity contribution in [2.24, 2.45) is 11.7 Å². The molecule has 0 aliphatic carbocycles. The fourth-order valence-electron chi connectivity index (χ4n) is 3.81. The summed E-state index contributed by atoms with van der Waals surface area (Å²) < 4.78 is 27.6. The normalized spacial score (nSPS) is 25.9. The standard InChI is InChI=1S/C17H27N3O3S2/c1-13-7-8-16(24-13)25(22,23)19-9-4-5-14(12-19)17(21)20-10-3-2-6-15(20)11-18/h7-8,14-15H,2-6,9-12,18H2,1H3. The highest BCUT2D eigenvalue weighted by Crippen LogP contribution is 2.30. The van der Waals surface area contributed by atoms with Gasteiger partial charge in [-0.05, 0) is 51.2 Å². The van der Waals surface area contributed by atoms with E-state index in [2.05, 4.69) is 0 Å². The maximum absolute atomic E-state index is 13.0. The highest BCUT2D eigenvalue weighted by Gasteiger charge is 2.37. The van der Waals surface area contributed by atoms with E-state index in [1.54, 1.807) is 6.07 Å². The molecular weight excluding hydrogens is 358 g/mol. The quantitative estimate of drug-likeness (QED) is 0.856. The van der Waals surface area contributed by atoms with Crippen molar-refractivity contribution in [3.8, 4) is 0 Å². The van der Waals surface area contributed by atoms with Crippen LogP contribution in [-0.4, -0.2) is 55.8 Å². The van der Waals surface area contributed by atoms with Crippen LogP contribution in [0.2, 0.25) is 0 Å². The van der Waals surface area contributed by atoms with Crippen molar-refractivity contribution in [1.82, 2.24) is 9.21 Å². The predicted molar refractivity (Wildman–Crippen MR) is 98.9 cm³/mol. The molecule has 2 N–H and O–H groups in total. The SMILES string of the molecule is Cc1ccc(S(=O)(=O)N2CCCC(C(=O)N3CCCCC3CN)C2)s1. The molecule has 0 spiro atoms. The molecule has 3 rings (SSSR count). The number of sulfonamides is 1. The van der Waals surface area contributed by atoms with E-state index in [-0.39, 0.29) is 24.4 Å². The Morgan fingerprint density at radius 3 is 2.72 bits per heavy atom. The van der Waals surface area contributed by atoms with E-state index in [9.17, 15) is 13.2 Å². The number of likely N-dealkylation sites (tertiary alicyclic amines) is 1. The Hall–Kier alpha value is -0.960. The van der Waals surface area contributed by atoms with Gasteiger partial charge >= 0.3 is 0 Å². The lowest BCUT2D eigenvalue weighted by Crippen LogP contribution is -2.52. The second-order valence-electron chi connectivity index (χ2n) is 6.98. The molecule has 25 heavy (non-hydrogen) atoms. The van der Waals surface area contributed by atoms with Crippen molar-refractivity contribution in [1.29, 1.82) is 0 Å². The molecule has 8 heteroatoms. The van der Waals surface area contributed by atoms with E-state index in [4.69, 9.17) is 5.73 Å². The molecule has 0 radical (unpaired) electrons. The Morgan fingerprint density at radius 1 is 1.24 bits per heavy atom. The van der Waals surface area contributed by atoms with Gasteiger partial charge in [0.25, 0.3) is 10.0 Å². The number of hydrogen-bond acceptors (Lipinski definition) is 5. The lowest BCUT2D eigenvalue weighted by molar-refractivity contribution is -0.140. The van der Waals surface area contributed by atoms with Gasteiger partial charge in [-0.1, -0.05) is 0 Å². The molecule has 2 fully saturated rings. The lowest BCUT2D eigenvalue weighted by Gasteiger charge is -2.39. The topological polar surface area (TPSA) is 83.7 Å². The summed E-state index contributed by atoms with van der Waals surface area (Å²) in [6.45, 7) is 3.90. The van der Waals surface area contributed by atoms with Crippen LogP contribution in [0.5, 0.6) is 0 Å². The minimum absolute atomic E-state index is 0.0809. The minimum Gasteiger partial charge on any atom is -0.338 e. The van der Waals surface area contributed by atoms with Gasteiger partial charge in [0.2, 0.25) is 5.91 Å². The van der Waals surface area contributed by atoms with Crippen LogP contribution in [0.25, 0.3) is 0 Å². The van der Waals surface area contributed by atoms with E-state index < -0.39 is 10.0 Å². The lowest BCUT2D eigenvalue weighted by atomic mass is 9.94. The van der Waals surface area contributed by atoms with Crippen LogP contribution < -0.4 is 5.73 Å². The molecule has 1 amide bonds. The molecule has 2 unspecified atom stereocenters. The number of carbonyl (C=O) groups is 1. The van der Waals surface area contributed by atoms with Crippen molar-refractivity contribution in [2.75, 3.05) is 26.2 Å². The van der Waals surface area contributed by atoms with E-state index in [0.29, 0.717) is 17.3 Å². The van der Waals surface area contributed by atoms with Gasteiger partial charge in [-0.25, -0.2) is 8.42 Å². The maximum atomic E-state index is 13.0. The van der Waals surface area contributed by atoms with E-state index in [0.717, 1.165) is 43.5 Å². The molecule has 140 valence electrons. The first kappa shape index (κ1) is 18.8. The van der Waals surface area contributed by atoms with Gasteiger partial charge in [0.05, 0.1) is 5.92 Å². The third-order valence-corrected chi connectivity index (χ3v) is 8.56. The number of nitrogens with zero attached hydrogens (tertiary/aromatic N) is 2. The van der Waals surface area contributed by atoms with Gasteiger partial charge in [-0.3, -0.25) is 4.79 Å². The molecule has 2 aliphatic rings. The summed E-state index contributed by atoms with van der Waals surface area (Å²) in [4.78, 5) is 15.9. The Balaban J connectivity index is 1.73. The Labute approximate surface area is 154 Å². The van der Waals surface area contributed by atoms with Crippen LogP contribution in [0.1, 0.15) is 37.0 Å². The van der Waals surface area contributed by atoms with Crippen LogP contribution in [0.15, 0.2) is 16.3 Å². The van der Waals surface area contributed by atoms with Gasteiger partial charge < -0.3 is 10.6 Å². The second kappa shape index (κ2) is 7.73. The smallest absolute Gasteiger partial charge is 0.252 e. The zero-order valence-electron chi connectivity index (χ0n) is 14.7. The van der Waals surface area contributed by atoms with Crippen LogP contribution >= 0.6 is 11.3 Å². The zero-order valence-corrected chi connectivity index (χ0v) is 16.3. The molecule has 6 nitrogen and oxygen atoms in total. The third kappa shape index (κ3) is 3.92. The monoisotopic (exact) mass is 385 g/mol. The molecule has 1 aromatic rings. The van der Waals surface area contributed by atoms with Crippen LogP contribution in [0.4, 0.5) is 0 Å². The minimum atomic E-state index is -3.50. The van der Waals surface area contributed by atoms with Crippen molar-refractivity contribution < 1.29 is 13.2 Å². The second-order valence-corrected chi connectivity index (χ2v) is 10.4. The molecule has 3 heterocycles.